The maximum atomic E-state index is 10.1. The number of rotatable bonds is 3. The molecular weight excluding hydrogens is 163 g/mol. The normalized spacial score (nSPS) is 8.67. The summed E-state index contributed by atoms with van der Waals surface area (Å²) in [6.45, 7) is 3.21. The first kappa shape index (κ1) is 8.66. The van der Waals surface area contributed by atoms with Crippen molar-refractivity contribution in [3.05, 3.63) is 12.2 Å². The van der Waals surface area contributed by atoms with Crippen LogP contribution in [-0.4, -0.2) is 10.5 Å². The molecule has 4 heteroatoms. The fourth-order valence-corrected chi connectivity index (χ4v) is 0.465. The van der Waals surface area contributed by atoms with Gasteiger partial charge in [-0.15, -0.1) is 0 Å². The monoisotopic (exact) mass is 166 g/mol. The number of carbonyl (C=O) groups is 2. The van der Waals surface area contributed by atoms with E-state index in [0.717, 1.165) is 0 Å². The molecule has 0 bridgehead atoms. The van der Waals surface area contributed by atoms with Crippen LogP contribution in [-0.2, 0) is 9.59 Å². The fraction of sp³-hybridized carbons (Fsp3) is 0.200. The van der Waals surface area contributed by atoms with Gasteiger partial charge in [-0.25, -0.2) is 0 Å². The van der Waals surface area contributed by atoms with Crippen molar-refractivity contribution in [1.82, 2.24) is 0 Å². The zero-order chi connectivity index (χ0) is 7.44. The third kappa shape index (κ3) is 4.18. The Hall–Kier alpha value is -0.340. The summed E-state index contributed by atoms with van der Waals surface area (Å²) < 4.78 is 0. The van der Waals surface area contributed by atoms with Crippen molar-refractivity contribution in [2.45, 2.75) is 6.42 Å². The Kier molecular flexibility index (Phi) is 3.50. The Balaban J connectivity index is 3.79. The fourth-order valence-electron chi connectivity index (χ4n) is 0.237. The highest BCUT2D eigenvalue weighted by Gasteiger charge is 2.05. The molecule has 2 nitrogen and oxygen atoms in total. The van der Waals surface area contributed by atoms with Crippen LogP contribution in [0, 0.1) is 0 Å². The highest BCUT2D eigenvalue weighted by Crippen LogP contribution is 2.04. The van der Waals surface area contributed by atoms with Gasteiger partial charge in [-0.05, 0) is 23.2 Å². The second kappa shape index (κ2) is 3.64. The summed E-state index contributed by atoms with van der Waals surface area (Å²) in [5.41, 5.74) is 0.0247. The Bertz CT molecular complexity index is 162. The van der Waals surface area contributed by atoms with Crippen LogP contribution in [0.15, 0.2) is 12.2 Å². The molecule has 0 saturated heterocycles. The highest BCUT2D eigenvalue weighted by atomic mass is 35.5. The highest BCUT2D eigenvalue weighted by molar-refractivity contribution is 6.69. The average Bonchev–Trinajstić information content (AvgIpc) is 1.63. The molecule has 0 N–H and O–H groups in total. The van der Waals surface area contributed by atoms with Gasteiger partial charge in [0.1, 0.15) is 0 Å². The molecule has 0 unspecified atom stereocenters. The minimum Gasteiger partial charge on any atom is -0.281 e. The molecule has 0 fully saturated rings. The number of hydrogen-bond donors (Lipinski definition) is 0. The molecule has 0 amide bonds. The summed E-state index contributed by atoms with van der Waals surface area (Å²) in [4.78, 5) is 20.2. The number of halogens is 2. The van der Waals surface area contributed by atoms with E-state index in [-0.39, 0.29) is 12.0 Å². The van der Waals surface area contributed by atoms with Gasteiger partial charge in [0.15, 0.2) is 0 Å². The summed E-state index contributed by atoms with van der Waals surface area (Å²) in [6.07, 6.45) is -0.177. The van der Waals surface area contributed by atoms with Crippen LogP contribution >= 0.6 is 23.2 Å². The molecule has 0 aromatic carbocycles. The third-order valence-electron chi connectivity index (χ3n) is 0.630. The van der Waals surface area contributed by atoms with Crippen LogP contribution in [0.25, 0.3) is 0 Å². The maximum absolute atomic E-state index is 10.1. The first-order chi connectivity index (χ1) is 4.04. The Labute approximate surface area is 62.4 Å². The largest absolute Gasteiger partial charge is 0.281 e. The van der Waals surface area contributed by atoms with Gasteiger partial charge < -0.3 is 0 Å². The van der Waals surface area contributed by atoms with Gasteiger partial charge in [0.2, 0.25) is 10.5 Å². The molecule has 0 aliphatic rings. The lowest BCUT2D eigenvalue weighted by molar-refractivity contribution is -0.113. The van der Waals surface area contributed by atoms with Crippen molar-refractivity contribution < 1.29 is 9.59 Å². The summed E-state index contributed by atoms with van der Waals surface area (Å²) in [6, 6.07) is 0. The summed E-state index contributed by atoms with van der Waals surface area (Å²) in [5.74, 6) is 0. The van der Waals surface area contributed by atoms with Crippen molar-refractivity contribution >= 4 is 33.7 Å². The van der Waals surface area contributed by atoms with Gasteiger partial charge in [0.25, 0.3) is 0 Å². The molecule has 0 aromatic heterocycles. The van der Waals surface area contributed by atoms with Gasteiger partial charge in [0, 0.05) is 5.57 Å². The molecule has 0 saturated carbocycles. The maximum Gasteiger partial charge on any atom is 0.248 e. The van der Waals surface area contributed by atoms with Crippen molar-refractivity contribution in [2.75, 3.05) is 0 Å². The minimum absolute atomic E-state index is 0.0247. The van der Waals surface area contributed by atoms with Crippen LogP contribution in [0.1, 0.15) is 6.42 Å². The van der Waals surface area contributed by atoms with Crippen LogP contribution in [0.4, 0.5) is 0 Å². The molecule has 0 radical (unpaired) electrons. The van der Waals surface area contributed by atoms with E-state index >= 15 is 0 Å². The van der Waals surface area contributed by atoms with Crippen LogP contribution in [0.3, 0.4) is 0 Å². The predicted octanol–water partition coefficient (Wildman–Crippen LogP) is 1.46. The molecule has 0 atom stereocenters. The van der Waals surface area contributed by atoms with Crippen molar-refractivity contribution in [1.29, 1.82) is 0 Å². The van der Waals surface area contributed by atoms with E-state index in [2.05, 4.69) is 6.58 Å². The first-order valence-corrected chi connectivity index (χ1v) is 2.85. The summed E-state index contributed by atoms with van der Waals surface area (Å²) >= 11 is 9.83. The van der Waals surface area contributed by atoms with Crippen LogP contribution < -0.4 is 0 Å². The number of carbonyl (C=O) groups excluding carboxylic acids is 2. The predicted molar refractivity (Wildman–Crippen MR) is 35.5 cm³/mol. The minimum atomic E-state index is -0.719. The van der Waals surface area contributed by atoms with E-state index in [1.54, 1.807) is 0 Å². The molecule has 0 heterocycles. The van der Waals surface area contributed by atoms with E-state index in [1.165, 1.54) is 0 Å². The van der Waals surface area contributed by atoms with Crippen molar-refractivity contribution in [3.63, 3.8) is 0 Å². The summed E-state index contributed by atoms with van der Waals surface area (Å²) in [5, 5.41) is -1.35. The van der Waals surface area contributed by atoms with Gasteiger partial charge >= 0.3 is 0 Å². The summed E-state index contributed by atoms with van der Waals surface area (Å²) in [7, 11) is 0. The Morgan fingerprint density at radius 3 is 1.89 bits per heavy atom. The average molecular weight is 167 g/mol. The molecule has 0 aliphatic carbocycles. The van der Waals surface area contributed by atoms with Gasteiger partial charge in [-0.2, -0.15) is 0 Å². The van der Waals surface area contributed by atoms with Gasteiger partial charge in [0.05, 0.1) is 6.42 Å². The van der Waals surface area contributed by atoms with Crippen molar-refractivity contribution in [3.8, 4) is 0 Å². The molecular formula is C5H4Cl2O2. The number of hydrogen-bond acceptors (Lipinski definition) is 2. The van der Waals surface area contributed by atoms with E-state index in [0.29, 0.717) is 0 Å². The first-order valence-electron chi connectivity index (χ1n) is 2.10. The molecule has 9 heavy (non-hydrogen) atoms. The quantitative estimate of drug-likeness (QED) is 0.471. The number of allylic oxidation sites excluding steroid dienone is 1. The van der Waals surface area contributed by atoms with Crippen LogP contribution in [0.5, 0.6) is 0 Å². The van der Waals surface area contributed by atoms with Crippen LogP contribution in [0.2, 0.25) is 0 Å². The van der Waals surface area contributed by atoms with E-state index < -0.39 is 10.5 Å². The third-order valence-corrected chi connectivity index (χ3v) is 1.03. The van der Waals surface area contributed by atoms with E-state index in [1.807, 2.05) is 0 Å². The Morgan fingerprint density at radius 2 is 1.78 bits per heavy atom. The van der Waals surface area contributed by atoms with Crippen molar-refractivity contribution in [2.24, 2.45) is 0 Å². The molecule has 0 spiro atoms. The second-order valence-electron chi connectivity index (χ2n) is 1.41. The van der Waals surface area contributed by atoms with E-state index in [4.69, 9.17) is 23.2 Å². The second-order valence-corrected chi connectivity index (χ2v) is 2.17. The molecule has 0 rings (SSSR count). The van der Waals surface area contributed by atoms with Gasteiger partial charge in [-0.1, -0.05) is 6.58 Å². The van der Waals surface area contributed by atoms with E-state index in [9.17, 15) is 9.59 Å². The Morgan fingerprint density at radius 1 is 1.33 bits per heavy atom. The lowest BCUT2D eigenvalue weighted by Gasteiger charge is -1.89. The zero-order valence-electron chi connectivity index (χ0n) is 4.49. The SMILES string of the molecule is C=C(CC(=O)Cl)C(=O)Cl. The zero-order valence-corrected chi connectivity index (χ0v) is 6.00. The molecule has 0 aromatic rings. The lowest BCUT2D eigenvalue weighted by Crippen LogP contribution is -1.95. The topological polar surface area (TPSA) is 34.1 Å². The standard InChI is InChI=1S/C5H4Cl2O2/c1-3(5(7)9)2-4(6)8/h1-2H2. The molecule has 0 aliphatic heterocycles. The van der Waals surface area contributed by atoms with Gasteiger partial charge in [-0.3, -0.25) is 9.59 Å². The smallest absolute Gasteiger partial charge is 0.248 e. The molecule has 50 valence electrons. The lowest BCUT2D eigenvalue weighted by atomic mass is 10.2.